The first-order chi connectivity index (χ1) is 35.9. The molecule has 77 heavy (non-hydrogen) atoms. The number of ether oxygens (including phenoxy) is 8. The van der Waals surface area contributed by atoms with Gasteiger partial charge in [-0.2, -0.15) is 0 Å². The molecule has 15 N–H and O–H groups in total. The highest BCUT2D eigenvalue weighted by Crippen LogP contribution is 2.76. The molecule has 0 bridgehead atoms. The van der Waals surface area contributed by atoms with E-state index >= 15 is 0 Å². The van der Waals surface area contributed by atoms with Crippen molar-refractivity contribution in [3.63, 3.8) is 0 Å². The van der Waals surface area contributed by atoms with E-state index in [1.54, 1.807) is 6.92 Å². The molecule has 8 rings (SSSR count). The molecule has 8 fully saturated rings. The molecule has 0 aromatic heterocycles. The summed E-state index contributed by atoms with van der Waals surface area (Å²) in [5.74, 6) is -0.393. The van der Waals surface area contributed by atoms with Gasteiger partial charge in [-0.3, -0.25) is 0 Å². The Kier molecular flexibility index (Phi) is 18.6. The highest BCUT2D eigenvalue weighted by Gasteiger charge is 2.73. The van der Waals surface area contributed by atoms with Crippen molar-refractivity contribution in [3.8, 4) is 0 Å². The third-order valence-corrected chi connectivity index (χ3v) is 21.2. The van der Waals surface area contributed by atoms with Gasteiger partial charge < -0.3 is 114 Å². The van der Waals surface area contributed by atoms with E-state index < -0.39 is 183 Å². The zero-order valence-electron chi connectivity index (χ0n) is 45.8. The summed E-state index contributed by atoms with van der Waals surface area (Å²) in [5, 5.41) is 163. The monoisotopic (exact) mass is 1110 g/mol. The predicted octanol–water partition coefficient (Wildman–Crippen LogP) is -2.20. The van der Waals surface area contributed by atoms with Crippen LogP contribution in [0.25, 0.3) is 0 Å². The fraction of sp³-hybridized carbons (Fsp3) is 0.963. The van der Waals surface area contributed by atoms with Gasteiger partial charge in [0.15, 0.2) is 25.2 Å². The van der Waals surface area contributed by atoms with Crippen LogP contribution < -0.4 is 0 Å². The van der Waals surface area contributed by atoms with E-state index in [0.29, 0.717) is 37.7 Å². The molecule has 446 valence electrons. The Morgan fingerprint density at radius 1 is 0.623 bits per heavy atom. The van der Waals surface area contributed by atoms with Crippen molar-refractivity contribution >= 4 is 0 Å². The fourth-order valence-corrected chi connectivity index (χ4v) is 16.2. The van der Waals surface area contributed by atoms with E-state index in [2.05, 4.69) is 41.2 Å². The zero-order chi connectivity index (χ0) is 56.8. The van der Waals surface area contributed by atoms with Crippen LogP contribution in [0.4, 0.5) is 0 Å². The van der Waals surface area contributed by atoms with Crippen LogP contribution in [0.15, 0.2) is 12.2 Å². The lowest BCUT2D eigenvalue weighted by molar-refractivity contribution is -0.377. The predicted molar refractivity (Wildman–Crippen MR) is 266 cm³/mol. The van der Waals surface area contributed by atoms with Gasteiger partial charge in [-0.1, -0.05) is 46.8 Å². The van der Waals surface area contributed by atoms with Crippen molar-refractivity contribution < 1.29 is 114 Å². The molecule has 0 aromatic rings. The van der Waals surface area contributed by atoms with Crippen LogP contribution in [0.2, 0.25) is 0 Å². The Bertz CT molecular complexity index is 2000. The SMILES string of the molecule is C=C(C)C(O)CCC(C)(OC1OC(COC2OC(CO)C(O)C(O)C2O)C(O)C(O)C1O)C1CCC2(C)C1CCC1C3(C)CCC(OC4OC(CO)C(O)C(O)C4OC4OC(C)C(O)C(O)C4O)C(C)(C)C3CC(O)C12C. The van der Waals surface area contributed by atoms with E-state index in [-0.39, 0.29) is 41.9 Å². The lowest BCUT2D eigenvalue weighted by Gasteiger charge is -2.71. The van der Waals surface area contributed by atoms with Crippen LogP contribution in [-0.4, -0.2) is 243 Å². The van der Waals surface area contributed by atoms with E-state index in [4.69, 9.17) is 37.9 Å². The Morgan fingerprint density at radius 3 is 1.81 bits per heavy atom. The summed E-state index contributed by atoms with van der Waals surface area (Å²) in [7, 11) is 0. The lowest BCUT2D eigenvalue weighted by atomic mass is 9.34. The molecule has 4 aliphatic heterocycles. The molecule has 8 aliphatic rings. The molecule has 4 saturated heterocycles. The van der Waals surface area contributed by atoms with Gasteiger partial charge >= 0.3 is 0 Å². The molecule has 0 radical (unpaired) electrons. The van der Waals surface area contributed by atoms with Crippen LogP contribution in [0, 0.1) is 45.3 Å². The Labute approximate surface area is 450 Å². The molecule has 4 aliphatic carbocycles. The van der Waals surface area contributed by atoms with Crippen molar-refractivity contribution in [3.05, 3.63) is 12.2 Å². The maximum Gasteiger partial charge on any atom is 0.187 e. The van der Waals surface area contributed by atoms with Crippen molar-refractivity contribution in [1.82, 2.24) is 0 Å². The summed E-state index contributed by atoms with van der Waals surface area (Å²) in [4.78, 5) is 0. The summed E-state index contributed by atoms with van der Waals surface area (Å²) in [6.45, 7) is 18.1. The third-order valence-electron chi connectivity index (χ3n) is 21.2. The van der Waals surface area contributed by atoms with Crippen molar-refractivity contribution in [2.75, 3.05) is 19.8 Å². The van der Waals surface area contributed by atoms with E-state index in [9.17, 15) is 76.6 Å². The highest BCUT2D eigenvalue weighted by molar-refractivity contribution is 5.21. The van der Waals surface area contributed by atoms with E-state index in [1.807, 2.05) is 6.92 Å². The van der Waals surface area contributed by atoms with Gasteiger partial charge in [-0.25, -0.2) is 0 Å². The molecule has 0 spiro atoms. The number of hydrogen-bond acceptors (Lipinski definition) is 23. The molecule has 31 atom stereocenters. The average Bonchev–Trinajstić information content (AvgIpc) is 4.03. The summed E-state index contributed by atoms with van der Waals surface area (Å²) in [6, 6.07) is 0. The third kappa shape index (κ3) is 10.7. The normalized spacial score (nSPS) is 53.1. The Balaban J connectivity index is 1.02. The van der Waals surface area contributed by atoms with Gasteiger partial charge in [0.05, 0.1) is 49.8 Å². The number of rotatable bonds is 16. The van der Waals surface area contributed by atoms with Crippen molar-refractivity contribution in [1.29, 1.82) is 0 Å². The molecule has 23 heteroatoms. The zero-order valence-corrected chi connectivity index (χ0v) is 45.8. The van der Waals surface area contributed by atoms with Crippen LogP contribution in [0.5, 0.6) is 0 Å². The molecule has 0 aromatic carbocycles. The molecular formula is C54H92O23. The van der Waals surface area contributed by atoms with Crippen LogP contribution >= 0.6 is 0 Å². The first-order valence-corrected chi connectivity index (χ1v) is 27.9. The fourth-order valence-electron chi connectivity index (χ4n) is 16.2. The topological polar surface area (TPSA) is 377 Å². The van der Waals surface area contributed by atoms with Gasteiger partial charge in [0.1, 0.15) is 91.6 Å². The highest BCUT2D eigenvalue weighted by atomic mass is 16.8. The molecule has 31 unspecified atom stereocenters. The summed E-state index contributed by atoms with van der Waals surface area (Å²) < 4.78 is 49.0. The molecule has 4 heterocycles. The maximum atomic E-state index is 12.9. The van der Waals surface area contributed by atoms with Gasteiger partial charge in [-0.05, 0) is 118 Å². The minimum atomic E-state index is -1.79. The Morgan fingerprint density at radius 2 is 1.18 bits per heavy atom. The average molecular weight is 1110 g/mol. The van der Waals surface area contributed by atoms with Crippen molar-refractivity contribution in [2.24, 2.45) is 45.3 Å². The second-order valence-electron chi connectivity index (χ2n) is 25.7. The second-order valence-corrected chi connectivity index (χ2v) is 25.7. The smallest absolute Gasteiger partial charge is 0.187 e. The van der Waals surface area contributed by atoms with E-state index in [0.717, 1.165) is 12.8 Å². The van der Waals surface area contributed by atoms with Crippen LogP contribution in [0.3, 0.4) is 0 Å². The summed E-state index contributed by atoms with van der Waals surface area (Å²) >= 11 is 0. The standard InChI is InChI=1S/C54H92O23/c1-22(2)26(57)13-17-53(8,77-48-44(69)40(65)37(62)29(74-48)21-70-46-42(67)39(64)35(60)27(19-55)72-46)25-12-16-52(7)24(25)10-11-30-51(6)15-14-33(50(4,5)31(51)18-32(58)54(30,52)9)75-49-45(41(66)36(61)28(20-56)73-49)76-47-43(68)38(63)34(59)23(3)71-47/h23-49,55-69H,1,10-21H2,2-9H3. The molecule has 0 amide bonds. The minimum Gasteiger partial charge on any atom is -0.394 e. The number of aliphatic hydroxyl groups is 15. The Hall–Kier alpha value is -1.18. The van der Waals surface area contributed by atoms with Gasteiger partial charge in [-0.15, -0.1) is 0 Å². The van der Waals surface area contributed by atoms with Crippen molar-refractivity contribution in [2.45, 2.75) is 260 Å². The minimum absolute atomic E-state index is 0.0115. The molecular weight excluding hydrogens is 1020 g/mol. The largest absolute Gasteiger partial charge is 0.394 e. The summed E-state index contributed by atoms with van der Waals surface area (Å²) in [5.41, 5.74) is -2.71. The first-order valence-electron chi connectivity index (χ1n) is 27.9. The maximum absolute atomic E-state index is 12.9. The lowest BCUT2D eigenvalue weighted by Crippen LogP contribution is -2.69. The molecule has 23 nitrogen and oxygen atoms in total. The number of hydrogen-bond donors (Lipinski definition) is 15. The second kappa shape index (κ2) is 23.1. The van der Waals surface area contributed by atoms with Crippen LogP contribution in [0.1, 0.15) is 113 Å². The first kappa shape index (κ1) is 61.9. The molecule has 4 saturated carbocycles. The van der Waals surface area contributed by atoms with Crippen LogP contribution in [-0.2, 0) is 37.9 Å². The van der Waals surface area contributed by atoms with Gasteiger partial charge in [0, 0.05) is 5.41 Å². The van der Waals surface area contributed by atoms with E-state index in [1.165, 1.54) is 6.92 Å². The summed E-state index contributed by atoms with van der Waals surface area (Å²) in [6.07, 6.45) is -28.2. The number of aliphatic hydroxyl groups excluding tert-OH is 15. The van der Waals surface area contributed by atoms with Gasteiger partial charge in [0.25, 0.3) is 0 Å². The quantitative estimate of drug-likeness (QED) is 0.0576. The number of fused-ring (bicyclic) bond motifs is 5. The van der Waals surface area contributed by atoms with Gasteiger partial charge in [0.2, 0.25) is 0 Å².